The molecule has 3 aromatic rings. The van der Waals surface area contributed by atoms with Crippen molar-refractivity contribution >= 4 is 17.5 Å². The highest BCUT2D eigenvalue weighted by Crippen LogP contribution is 2.40. The van der Waals surface area contributed by atoms with Crippen molar-refractivity contribution in [1.82, 2.24) is 24.6 Å². The van der Waals surface area contributed by atoms with Crippen molar-refractivity contribution in [3.05, 3.63) is 76.9 Å². The third-order valence-electron chi connectivity index (χ3n) is 8.79. The molecule has 0 N–H and O–H groups in total. The molecule has 0 unspecified atom stereocenters. The number of likely N-dealkylation sites (tertiary alicyclic amines) is 1. The second-order valence-corrected chi connectivity index (χ2v) is 12.4. The topological polar surface area (TPSA) is 74.6 Å². The lowest BCUT2D eigenvalue weighted by Crippen LogP contribution is -2.30. The molecule has 3 heterocycles. The number of para-hydroxylation sites is 1. The highest BCUT2D eigenvalue weighted by molar-refractivity contribution is 6.10. The highest BCUT2D eigenvalue weighted by Gasteiger charge is 2.40. The molecular weight excluding hydrogens is 581 g/mol. The molecule has 1 aliphatic carbocycles. The van der Waals surface area contributed by atoms with Gasteiger partial charge in [-0.15, -0.1) is 10.2 Å². The van der Waals surface area contributed by atoms with Gasteiger partial charge in [-0.25, -0.2) is 0 Å². The summed E-state index contributed by atoms with van der Waals surface area (Å²) in [5.74, 6) is 7.49. The number of hydrogen-bond donors (Lipinski definition) is 0. The first kappa shape index (κ1) is 32.2. The Hall–Kier alpha value is -4.17. The molecule has 1 saturated carbocycles. The molecule has 1 atom stereocenters. The number of benzene rings is 2. The van der Waals surface area contributed by atoms with Gasteiger partial charge >= 0.3 is 6.18 Å². The summed E-state index contributed by atoms with van der Waals surface area (Å²) in [7, 11) is 3.85. The smallest absolute Gasteiger partial charge is 0.332 e. The predicted molar refractivity (Wildman–Crippen MR) is 165 cm³/mol. The third-order valence-corrected chi connectivity index (χ3v) is 8.79. The molecule has 2 aromatic carbocycles. The van der Waals surface area contributed by atoms with Crippen LogP contribution < -0.4 is 4.90 Å². The van der Waals surface area contributed by atoms with E-state index in [-0.39, 0.29) is 36.0 Å². The Bertz CT molecular complexity index is 1590. The van der Waals surface area contributed by atoms with E-state index in [2.05, 4.69) is 29.0 Å². The normalized spacial score (nSPS) is 20.7. The predicted octanol–water partition coefficient (Wildman–Crippen LogP) is 5.50. The number of halogens is 3. The molecule has 45 heavy (non-hydrogen) atoms. The fourth-order valence-electron chi connectivity index (χ4n) is 6.57. The first-order valence-corrected chi connectivity index (χ1v) is 15.3. The number of fused-ring (bicyclic) bond motifs is 1. The summed E-state index contributed by atoms with van der Waals surface area (Å²) in [6.45, 7) is 5.92. The number of carbonyl (C=O) groups excluding carboxylic acids is 2. The quantitative estimate of drug-likeness (QED) is 0.341. The molecule has 0 spiro atoms. The first-order valence-electron chi connectivity index (χ1n) is 15.3. The Balaban J connectivity index is 0.000000304. The Morgan fingerprint density at radius 2 is 1.89 bits per heavy atom. The van der Waals surface area contributed by atoms with Crippen LogP contribution in [0, 0.1) is 23.7 Å². The molecule has 0 radical (unpaired) electrons. The lowest BCUT2D eigenvalue weighted by Gasteiger charge is -2.31. The van der Waals surface area contributed by atoms with E-state index in [4.69, 9.17) is 0 Å². The van der Waals surface area contributed by atoms with Crippen molar-refractivity contribution in [2.75, 3.05) is 31.6 Å². The number of amides is 2. The summed E-state index contributed by atoms with van der Waals surface area (Å²) < 4.78 is 43.8. The van der Waals surface area contributed by atoms with Crippen LogP contribution in [0.4, 0.5) is 18.9 Å². The summed E-state index contributed by atoms with van der Waals surface area (Å²) in [4.78, 5) is 30.0. The van der Waals surface area contributed by atoms with E-state index in [1.807, 2.05) is 23.6 Å². The minimum atomic E-state index is -4.56. The zero-order valence-corrected chi connectivity index (χ0v) is 26.1. The monoisotopic (exact) mass is 620 g/mol. The molecule has 3 aliphatic rings. The average Bonchev–Trinajstić information content (AvgIpc) is 3.71. The van der Waals surface area contributed by atoms with E-state index in [0.29, 0.717) is 36.8 Å². The van der Waals surface area contributed by atoms with Crippen LogP contribution >= 0.6 is 0 Å². The van der Waals surface area contributed by atoms with Gasteiger partial charge in [-0.05, 0) is 86.4 Å². The van der Waals surface area contributed by atoms with Crippen LogP contribution in [0.5, 0.6) is 0 Å². The zero-order chi connectivity index (χ0) is 32.3. The van der Waals surface area contributed by atoms with Crippen molar-refractivity contribution in [1.29, 1.82) is 0 Å². The SMILES string of the molecule is CC#CC(=O)N1CC[C@H](CN(C)Cc2cc3c(c(C(F)(F)F)c2)CN(c2ccccc2)C3=O)C1.CC1CC(c2nncn2C)C1. The maximum atomic E-state index is 13.9. The van der Waals surface area contributed by atoms with Gasteiger partial charge in [-0.2, -0.15) is 13.2 Å². The van der Waals surface area contributed by atoms with Crippen LogP contribution in [0.3, 0.4) is 0 Å². The summed E-state index contributed by atoms with van der Waals surface area (Å²) in [6, 6.07) is 11.5. The lowest BCUT2D eigenvalue weighted by atomic mass is 9.76. The van der Waals surface area contributed by atoms with Crippen LogP contribution in [0.15, 0.2) is 48.8 Å². The second kappa shape index (κ2) is 13.4. The van der Waals surface area contributed by atoms with Gasteiger partial charge < -0.3 is 19.3 Å². The number of carbonyl (C=O) groups is 2. The summed E-state index contributed by atoms with van der Waals surface area (Å²) in [5, 5.41) is 7.95. The van der Waals surface area contributed by atoms with Gasteiger partial charge in [0.1, 0.15) is 12.2 Å². The number of alkyl halides is 3. The number of anilines is 1. The van der Waals surface area contributed by atoms with Gasteiger partial charge in [-0.3, -0.25) is 9.59 Å². The van der Waals surface area contributed by atoms with Gasteiger partial charge in [0.15, 0.2) is 0 Å². The fraction of sp³-hybridized carbons (Fsp3) is 0.471. The van der Waals surface area contributed by atoms with Crippen molar-refractivity contribution in [3.8, 4) is 11.8 Å². The van der Waals surface area contributed by atoms with E-state index in [1.165, 1.54) is 23.8 Å². The Morgan fingerprint density at radius 3 is 2.51 bits per heavy atom. The minimum absolute atomic E-state index is 0.0229. The van der Waals surface area contributed by atoms with Crippen molar-refractivity contribution < 1.29 is 22.8 Å². The molecule has 8 nitrogen and oxygen atoms in total. The molecule has 6 rings (SSSR count). The van der Waals surface area contributed by atoms with Crippen molar-refractivity contribution in [2.45, 2.75) is 58.3 Å². The van der Waals surface area contributed by atoms with Crippen LogP contribution in [0.1, 0.15) is 71.9 Å². The third kappa shape index (κ3) is 7.39. The van der Waals surface area contributed by atoms with Crippen molar-refractivity contribution in [3.63, 3.8) is 0 Å². The molecular formula is C34H39F3N6O2. The van der Waals surface area contributed by atoms with E-state index in [1.54, 1.807) is 54.5 Å². The number of rotatable bonds is 6. The van der Waals surface area contributed by atoms with Crippen LogP contribution in [-0.2, 0) is 31.1 Å². The molecule has 238 valence electrons. The minimum Gasteiger partial charge on any atom is -0.332 e. The maximum absolute atomic E-state index is 13.9. The van der Waals surface area contributed by atoms with Gasteiger partial charge in [-0.1, -0.05) is 31.0 Å². The molecule has 1 aromatic heterocycles. The second-order valence-electron chi connectivity index (χ2n) is 12.4. The molecule has 2 amide bonds. The summed E-state index contributed by atoms with van der Waals surface area (Å²) in [5.41, 5.74) is 0.395. The van der Waals surface area contributed by atoms with E-state index in [0.717, 1.165) is 18.2 Å². The number of nitrogens with zero attached hydrogens (tertiary/aromatic N) is 6. The fourth-order valence-corrected chi connectivity index (χ4v) is 6.57. The lowest BCUT2D eigenvalue weighted by molar-refractivity contribution is -0.138. The van der Waals surface area contributed by atoms with Crippen LogP contribution in [-0.4, -0.2) is 63.1 Å². The van der Waals surface area contributed by atoms with Gasteiger partial charge in [0.2, 0.25) is 0 Å². The highest BCUT2D eigenvalue weighted by atomic mass is 19.4. The van der Waals surface area contributed by atoms with Gasteiger partial charge in [0, 0.05) is 50.4 Å². The molecule has 2 aliphatic heterocycles. The summed E-state index contributed by atoms with van der Waals surface area (Å²) in [6.07, 6.45) is 0.611. The first-order chi connectivity index (χ1) is 21.4. The van der Waals surface area contributed by atoms with E-state index >= 15 is 0 Å². The summed E-state index contributed by atoms with van der Waals surface area (Å²) >= 11 is 0. The van der Waals surface area contributed by atoms with Crippen LogP contribution in [0.25, 0.3) is 0 Å². The molecule has 11 heteroatoms. The molecule has 0 bridgehead atoms. The van der Waals surface area contributed by atoms with E-state index in [9.17, 15) is 22.8 Å². The van der Waals surface area contributed by atoms with Gasteiger partial charge in [0.25, 0.3) is 11.8 Å². The zero-order valence-electron chi connectivity index (χ0n) is 26.1. The maximum Gasteiger partial charge on any atom is 0.416 e. The molecule has 1 saturated heterocycles. The molecule has 2 fully saturated rings. The number of aryl methyl sites for hydroxylation is 1. The van der Waals surface area contributed by atoms with Crippen LogP contribution in [0.2, 0.25) is 0 Å². The van der Waals surface area contributed by atoms with Gasteiger partial charge in [0.05, 0.1) is 12.1 Å². The number of hydrogen-bond acceptors (Lipinski definition) is 5. The van der Waals surface area contributed by atoms with Crippen molar-refractivity contribution in [2.24, 2.45) is 18.9 Å². The Labute approximate surface area is 262 Å². The van der Waals surface area contributed by atoms with E-state index < -0.39 is 17.6 Å². The Kier molecular flexibility index (Phi) is 9.63. The number of aromatic nitrogens is 3. The largest absolute Gasteiger partial charge is 0.416 e. The average molecular weight is 621 g/mol. The standard InChI is InChI=1S/C26H26F3N3O2.C8H13N3/c1-3-7-24(33)31-11-10-18(16-31)14-30(2)15-19-12-21-22(23(13-19)26(27,28)29)17-32(25(21)34)20-8-5-4-6-9-20;1-6-3-7(4-6)8-10-9-5-11(8)2/h4-6,8-9,12-13,18H,10-11,14-17H2,1-2H3;5-7H,3-4H2,1-2H3/t18-;/m1./s1. The Morgan fingerprint density at radius 1 is 1.16 bits per heavy atom.